The van der Waals surface area contributed by atoms with Crippen molar-refractivity contribution in [2.75, 3.05) is 26.0 Å². The van der Waals surface area contributed by atoms with E-state index in [2.05, 4.69) is 4.98 Å². The summed E-state index contributed by atoms with van der Waals surface area (Å²) in [6.45, 7) is 4.98. The number of nitrogens with two attached hydrogens (primary N) is 1. The van der Waals surface area contributed by atoms with Crippen LogP contribution in [-0.2, 0) is 4.74 Å². The van der Waals surface area contributed by atoms with E-state index in [9.17, 15) is 4.79 Å². The molecule has 0 aromatic carbocycles. The molecular formula is C12H19N3O2. The number of aromatic nitrogens is 1. The highest BCUT2D eigenvalue weighted by molar-refractivity contribution is 5.92. The Labute approximate surface area is 102 Å². The van der Waals surface area contributed by atoms with Gasteiger partial charge in [0.2, 0.25) is 0 Å². The van der Waals surface area contributed by atoms with E-state index in [-0.39, 0.29) is 11.9 Å². The molecule has 0 radical (unpaired) electrons. The van der Waals surface area contributed by atoms with Crippen LogP contribution in [0.1, 0.15) is 24.3 Å². The van der Waals surface area contributed by atoms with Crippen LogP contribution in [0.3, 0.4) is 0 Å². The fraction of sp³-hybridized carbons (Fsp3) is 0.500. The average Bonchev–Trinajstić information content (AvgIpc) is 2.30. The highest BCUT2D eigenvalue weighted by Gasteiger charge is 2.20. The Bertz CT molecular complexity index is 382. The van der Waals surface area contributed by atoms with Crippen LogP contribution < -0.4 is 5.73 Å². The molecule has 1 rings (SSSR count). The Morgan fingerprint density at radius 2 is 2.29 bits per heavy atom. The first kappa shape index (κ1) is 13.4. The summed E-state index contributed by atoms with van der Waals surface area (Å²) < 4.78 is 5.06. The van der Waals surface area contributed by atoms with Crippen molar-refractivity contribution in [2.45, 2.75) is 19.9 Å². The molecule has 0 saturated heterocycles. The molecular weight excluding hydrogens is 218 g/mol. The van der Waals surface area contributed by atoms with Gasteiger partial charge in [-0.2, -0.15) is 0 Å². The van der Waals surface area contributed by atoms with Crippen LogP contribution in [0.2, 0.25) is 0 Å². The Morgan fingerprint density at radius 3 is 2.82 bits per heavy atom. The zero-order valence-electron chi connectivity index (χ0n) is 10.5. The van der Waals surface area contributed by atoms with E-state index in [4.69, 9.17) is 10.5 Å². The number of carbonyl (C=O) groups excluding carboxylic acids is 1. The standard InChI is InChI=1S/C12H19N3O2/c1-4-15(9(2)8-17-3)12(16)10-6-5-7-11(13)14-10/h5-7,9H,4,8H2,1-3H3,(H2,13,14). The molecule has 0 bridgehead atoms. The summed E-state index contributed by atoms with van der Waals surface area (Å²) in [6.07, 6.45) is 0. The molecule has 1 heterocycles. The molecule has 0 fully saturated rings. The SMILES string of the molecule is CCN(C(=O)c1cccc(N)n1)C(C)COC. The van der Waals surface area contributed by atoms with Gasteiger partial charge in [-0.1, -0.05) is 6.07 Å². The molecule has 0 spiro atoms. The maximum absolute atomic E-state index is 12.2. The largest absolute Gasteiger partial charge is 0.384 e. The van der Waals surface area contributed by atoms with E-state index in [0.29, 0.717) is 24.7 Å². The molecule has 0 saturated carbocycles. The number of carbonyl (C=O) groups is 1. The lowest BCUT2D eigenvalue weighted by Gasteiger charge is -2.27. The zero-order chi connectivity index (χ0) is 12.8. The van der Waals surface area contributed by atoms with Gasteiger partial charge in [-0.05, 0) is 26.0 Å². The van der Waals surface area contributed by atoms with E-state index in [1.165, 1.54) is 0 Å². The highest BCUT2D eigenvalue weighted by atomic mass is 16.5. The monoisotopic (exact) mass is 237 g/mol. The van der Waals surface area contributed by atoms with Crippen LogP contribution in [0.15, 0.2) is 18.2 Å². The molecule has 17 heavy (non-hydrogen) atoms. The molecule has 94 valence electrons. The zero-order valence-corrected chi connectivity index (χ0v) is 10.5. The van der Waals surface area contributed by atoms with Gasteiger partial charge in [0.1, 0.15) is 11.5 Å². The van der Waals surface area contributed by atoms with Gasteiger partial charge < -0.3 is 15.4 Å². The maximum Gasteiger partial charge on any atom is 0.272 e. The van der Waals surface area contributed by atoms with Crippen molar-refractivity contribution >= 4 is 11.7 Å². The Kier molecular flexibility index (Phi) is 4.90. The number of methoxy groups -OCH3 is 1. The Morgan fingerprint density at radius 1 is 1.59 bits per heavy atom. The second-order valence-corrected chi connectivity index (χ2v) is 3.84. The third-order valence-electron chi connectivity index (χ3n) is 2.53. The third-order valence-corrected chi connectivity index (χ3v) is 2.53. The van der Waals surface area contributed by atoms with Crippen LogP contribution in [0, 0.1) is 0 Å². The molecule has 2 N–H and O–H groups in total. The molecule has 1 aromatic rings. The third kappa shape index (κ3) is 3.42. The van der Waals surface area contributed by atoms with Gasteiger partial charge >= 0.3 is 0 Å². The lowest BCUT2D eigenvalue weighted by molar-refractivity contribution is 0.0574. The summed E-state index contributed by atoms with van der Waals surface area (Å²) in [7, 11) is 1.62. The summed E-state index contributed by atoms with van der Waals surface area (Å²) >= 11 is 0. The quantitative estimate of drug-likeness (QED) is 0.834. The van der Waals surface area contributed by atoms with Gasteiger partial charge in [0.15, 0.2) is 0 Å². The Balaban J connectivity index is 2.86. The smallest absolute Gasteiger partial charge is 0.272 e. The van der Waals surface area contributed by atoms with Crippen molar-refractivity contribution in [3.8, 4) is 0 Å². The van der Waals surface area contributed by atoms with Gasteiger partial charge in [0.25, 0.3) is 5.91 Å². The molecule has 1 unspecified atom stereocenters. The van der Waals surface area contributed by atoms with Gasteiger partial charge in [-0.3, -0.25) is 4.79 Å². The number of rotatable bonds is 5. The van der Waals surface area contributed by atoms with Gasteiger partial charge in [0.05, 0.1) is 12.6 Å². The predicted octanol–water partition coefficient (Wildman–Crippen LogP) is 1.16. The van der Waals surface area contributed by atoms with Crippen LogP contribution in [0.5, 0.6) is 0 Å². The number of amides is 1. The molecule has 0 aliphatic heterocycles. The minimum absolute atomic E-state index is 0.0146. The van der Waals surface area contributed by atoms with E-state index in [0.717, 1.165) is 0 Å². The maximum atomic E-state index is 12.2. The summed E-state index contributed by atoms with van der Waals surface area (Å²) in [4.78, 5) is 17.9. The number of ether oxygens (including phenoxy) is 1. The fourth-order valence-corrected chi connectivity index (χ4v) is 1.70. The van der Waals surface area contributed by atoms with Crippen molar-refractivity contribution in [3.63, 3.8) is 0 Å². The number of pyridine rings is 1. The normalized spacial score (nSPS) is 12.2. The van der Waals surface area contributed by atoms with Gasteiger partial charge in [-0.15, -0.1) is 0 Å². The van der Waals surface area contributed by atoms with Crippen molar-refractivity contribution in [2.24, 2.45) is 0 Å². The predicted molar refractivity (Wildman–Crippen MR) is 66.7 cm³/mol. The first-order chi connectivity index (χ1) is 8.10. The van der Waals surface area contributed by atoms with Crippen LogP contribution in [0.4, 0.5) is 5.82 Å². The van der Waals surface area contributed by atoms with Gasteiger partial charge in [-0.25, -0.2) is 4.98 Å². The summed E-state index contributed by atoms with van der Waals surface area (Å²) in [5.41, 5.74) is 5.94. The summed E-state index contributed by atoms with van der Waals surface area (Å²) in [5, 5.41) is 0. The second kappa shape index (κ2) is 6.20. The summed E-state index contributed by atoms with van der Waals surface area (Å²) in [5.74, 6) is 0.232. The molecule has 1 aromatic heterocycles. The summed E-state index contributed by atoms with van der Waals surface area (Å²) in [6, 6.07) is 5.07. The van der Waals surface area contributed by atoms with Crippen molar-refractivity contribution < 1.29 is 9.53 Å². The van der Waals surface area contributed by atoms with Crippen molar-refractivity contribution in [3.05, 3.63) is 23.9 Å². The topological polar surface area (TPSA) is 68.5 Å². The van der Waals surface area contributed by atoms with Crippen molar-refractivity contribution in [1.82, 2.24) is 9.88 Å². The minimum Gasteiger partial charge on any atom is -0.384 e. The van der Waals surface area contributed by atoms with E-state index in [1.807, 2.05) is 13.8 Å². The first-order valence-electron chi connectivity index (χ1n) is 5.62. The Hall–Kier alpha value is -1.62. The van der Waals surface area contributed by atoms with Crippen LogP contribution in [0.25, 0.3) is 0 Å². The van der Waals surface area contributed by atoms with E-state index < -0.39 is 0 Å². The number of likely N-dealkylation sites (N-methyl/N-ethyl adjacent to an activating group) is 1. The lowest BCUT2D eigenvalue weighted by Crippen LogP contribution is -2.41. The number of hydrogen-bond acceptors (Lipinski definition) is 4. The van der Waals surface area contributed by atoms with Crippen LogP contribution >= 0.6 is 0 Å². The van der Waals surface area contributed by atoms with E-state index in [1.54, 1.807) is 30.2 Å². The number of nitrogen functional groups attached to an aromatic ring is 1. The van der Waals surface area contributed by atoms with E-state index >= 15 is 0 Å². The lowest BCUT2D eigenvalue weighted by atomic mass is 10.2. The molecule has 5 nitrogen and oxygen atoms in total. The van der Waals surface area contributed by atoms with Crippen molar-refractivity contribution in [1.29, 1.82) is 0 Å². The first-order valence-corrected chi connectivity index (χ1v) is 5.62. The second-order valence-electron chi connectivity index (χ2n) is 3.84. The fourth-order valence-electron chi connectivity index (χ4n) is 1.70. The molecule has 1 atom stereocenters. The average molecular weight is 237 g/mol. The van der Waals surface area contributed by atoms with Crippen LogP contribution in [-0.4, -0.2) is 42.1 Å². The number of hydrogen-bond donors (Lipinski definition) is 1. The highest BCUT2D eigenvalue weighted by Crippen LogP contribution is 2.08. The number of anilines is 1. The molecule has 0 aliphatic rings. The molecule has 5 heteroatoms. The van der Waals surface area contributed by atoms with Gasteiger partial charge in [0, 0.05) is 13.7 Å². The molecule has 1 amide bonds. The minimum atomic E-state index is -0.121. The number of nitrogens with zero attached hydrogens (tertiary/aromatic N) is 2. The molecule has 0 aliphatic carbocycles.